The zero-order valence-corrected chi connectivity index (χ0v) is 14.7. The maximum atomic E-state index is 13.3. The number of nitrogens with one attached hydrogen (secondary N) is 1. The minimum Gasteiger partial charge on any atom is -0.467 e. The van der Waals surface area contributed by atoms with Gasteiger partial charge in [0, 0.05) is 10.4 Å². The van der Waals surface area contributed by atoms with E-state index in [4.69, 9.17) is 4.42 Å². The number of rotatable bonds is 4. The molecule has 0 spiro atoms. The molecule has 0 bridgehead atoms. The molecule has 1 aromatic carbocycles. The van der Waals surface area contributed by atoms with Crippen LogP contribution in [0.1, 0.15) is 16.5 Å². The van der Waals surface area contributed by atoms with Crippen LogP contribution >= 0.6 is 11.3 Å². The largest absolute Gasteiger partial charge is 0.467 e. The number of thiophene rings is 1. The van der Waals surface area contributed by atoms with Crippen LogP contribution < -0.4 is 5.32 Å². The highest BCUT2D eigenvalue weighted by atomic mass is 32.1. The Labute approximate surface area is 148 Å². The van der Waals surface area contributed by atoms with E-state index in [1.165, 1.54) is 12.1 Å². The Morgan fingerprint density at radius 2 is 1.92 bits per heavy atom. The number of aromatic nitrogens is 2. The third-order valence-electron chi connectivity index (χ3n) is 3.98. The lowest BCUT2D eigenvalue weighted by atomic mass is 10.0. The summed E-state index contributed by atoms with van der Waals surface area (Å²) in [5.41, 5.74) is 2.00. The fourth-order valence-corrected chi connectivity index (χ4v) is 3.98. The number of hydrogen-bond acceptors (Lipinski definition) is 5. The monoisotopic (exact) mass is 353 g/mol. The average molecular weight is 353 g/mol. The van der Waals surface area contributed by atoms with Crippen molar-refractivity contribution in [2.45, 2.75) is 20.4 Å². The minimum atomic E-state index is -0.246. The summed E-state index contributed by atoms with van der Waals surface area (Å²) in [6.45, 7) is 4.47. The molecule has 0 unspecified atom stereocenters. The first kappa shape index (κ1) is 15.8. The molecule has 0 aliphatic rings. The Morgan fingerprint density at radius 3 is 2.64 bits per heavy atom. The number of halogens is 1. The molecule has 0 aliphatic heterocycles. The maximum absolute atomic E-state index is 13.3. The highest BCUT2D eigenvalue weighted by molar-refractivity contribution is 7.19. The maximum Gasteiger partial charge on any atom is 0.139 e. The van der Waals surface area contributed by atoms with Gasteiger partial charge in [0.1, 0.15) is 28.1 Å². The van der Waals surface area contributed by atoms with Gasteiger partial charge in [0.15, 0.2) is 0 Å². The van der Waals surface area contributed by atoms with Gasteiger partial charge in [0.05, 0.1) is 18.2 Å². The summed E-state index contributed by atoms with van der Waals surface area (Å²) in [5, 5.41) is 4.32. The van der Waals surface area contributed by atoms with Crippen molar-refractivity contribution < 1.29 is 8.81 Å². The van der Waals surface area contributed by atoms with Crippen LogP contribution in [0.3, 0.4) is 0 Å². The second-order valence-corrected chi connectivity index (χ2v) is 6.98. The van der Waals surface area contributed by atoms with Gasteiger partial charge in [-0.2, -0.15) is 0 Å². The minimum absolute atomic E-state index is 0.246. The van der Waals surface area contributed by atoms with Crippen molar-refractivity contribution in [3.05, 3.63) is 64.9 Å². The van der Waals surface area contributed by atoms with Gasteiger partial charge in [-0.05, 0) is 43.7 Å². The van der Waals surface area contributed by atoms with Gasteiger partial charge in [0.2, 0.25) is 0 Å². The van der Waals surface area contributed by atoms with E-state index >= 15 is 0 Å². The van der Waals surface area contributed by atoms with Crippen molar-refractivity contribution >= 4 is 27.4 Å². The molecule has 3 heterocycles. The van der Waals surface area contributed by atoms with Crippen LogP contribution in [0, 0.1) is 19.7 Å². The van der Waals surface area contributed by atoms with E-state index in [9.17, 15) is 4.39 Å². The normalized spacial score (nSPS) is 11.2. The first-order valence-corrected chi connectivity index (χ1v) is 8.73. The van der Waals surface area contributed by atoms with Crippen molar-refractivity contribution in [1.29, 1.82) is 0 Å². The van der Waals surface area contributed by atoms with Crippen molar-refractivity contribution in [1.82, 2.24) is 9.97 Å². The van der Waals surface area contributed by atoms with E-state index in [1.807, 2.05) is 19.1 Å². The molecular weight excluding hydrogens is 337 g/mol. The quantitative estimate of drug-likeness (QED) is 0.539. The smallest absolute Gasteiger partial charge is 0.139 e. The van der Waals surface area contributed by atoms with E-state index in [0.717, 1.165) is 37.8 Å². The lowest BCUT2D eigenvalue weighted by molar-refractivity contribution is 0.518. The molecule has 6 heteroatoms. The molecule has 25 heavy (non-hydrogen) atoms. The van der Waals surface area contributed by atoms with Crippen LogP contribution in [0.25, 0.3) is 21.3 Å². The number of aryl methyl sites for hydroxylation is 2. The lowest BCUT2D eigenvalue weighted by Crippen LogP contribution is -2.03. The standard InChI is InChI=1S/C19H16FN3OS/c1-11-16(13-5-7-14(20)8-6-13)17-18(21-10-15-4-3-9-24-15)22-12(2)23-19(17)25-11/h3-9H,10H2,1-2H3,(H,21,22,23). The van der Waals surface area contributed by atoms with Gasteiger partial charge in [-0.1, -0.05) is 12.1 Å². The molecule has 0 saturated heterocycles. The van der Waals surface area contributed by atoms with Gasteiger partial charge in [-0.3, -0.25) is 0 Å². The molecule has 0 radical (unpaired) electrons. The van der Waals surface area contributed by atoms with Crippen LogP contribution in [0.4, 0.5) is 10.2 Å². The number of furan rings is 1. The van der Waals surface area contributed by atoms with Crippen LogP contribution in [0.15, 0.2) is 47.1 Å². The zero-order chi connectivity index (χ0) is 17.4. The predicted octanol–water partition coefficient (Wildman–Crippen LogP) is 5.32. The zero-order valence-electron chi connectivity index (χ0n) is 13.8. The van der Waals surface area contributed by atoms with Crippen molar-refractivity contribution in [2.75, 3.05) is 5.32 Å². The molecule has 0 saturated carbocycles. The first-order chi connectivity index (χ1) is 12.1. The molecule has 4 rings (SSSR count). The Bertz CT molecular complexity index is 1020. The van der Waals surface area contributed by atoms with E-state index in [-0.39, 0.29) is 5.82 Å². The van der Waals surface area contributed by atoms with E-state index < -0.39 is 0 Å². The highest BCUT2D eigenvalue weighted by Gasteiger charge is 2.18. The van der Waals surface area contributed by atoms with Crippen LogP contribution in [0.2, 0.25) is 0 Å². The lowest BCUT2D eigenvalue weighted by Gasteiger charge is -2.09. The molecule has 0 aliphatic carbocycles. The SMILES string of the molecule is Cc1nc(NCc2ccco2)c2c(-c3ccc(F)cc3)c(C)sc2n1. The van der Waals surface area contributed by atoms with Gasteiger partial charge in [-0.25, -0.2) is 14.4 Å². The number of nitrogens with zero attached hydrogens (tertiary/aromatic N) is 2. The predicted molar refractivity (Wildman–Crippen MR) is 98.3 cm³/mol. The fourth-order valence-electron chi connectivity index (χ4n) is 2.89. The van der Waals surface area contributed by atoms with Gasteiger partial charge in [0.25, 0.3) is 0 Å². The van der Waals surface area contributed by atoms with E-state index in [2.05, 4.69) is 22.2 Å². The van der Waals surface area contributed by atoms with Gasteiger partial charge >= 0.3 is 0 Å². The Hall–Kier alpha value is -2.73. The molecule has 0 atom stereocenters. The summed E-state index contributed by atoms with van der Waals surface area (Å²) in [7, 11) is 0. The summed E-state index contributed by atoms with van der Waals surface area (Å²) in [6, 6.07) is 10.3. The summed E-state index contributed by atoms with van der Waals surface area (Å²) in [6.07, 6.45) is 1.65. The molecule has 0 fully saturated rings. The van der Waals surface area contributed by atoms with Crippen LogP contribution in [0.5, 0.6) is 0 Å². The topological polar surface area (TPSA) is 51.0 Å². The number of benzene rings is 1. The van der Waals surface area contributed by atoms with Crippen molar-refractivity contribution in [2.24, 2.45) is 0 Å². The number of anilines is 1. The summed E-state index contributed by atoms with van der Waals surface area (Å²) >= 11 is 1.62. The molecule has 4 aromatic rings. The third kappa shape index (κ3) is 3.00. The molecular formula is C19H16FN3OS. The van der Waals surface area contributed by atoms with Crippen LogP contribution in [-0.4, -0.2) is 9.97 Å². The van der Waals surface area contributed by atoms with E-state index in [0.29, 0.717) is 12.4 Å². The Balaban J connectivity index is 1.85. The molecule has 126 valence electrons. The summed E-state index contributed by atoms with van der Waals surface area (Å²) < 4.78 is 18.7. The highest BCUT2D eigenvalue weighted by Crippen LogP contribution is 2.40. The Kier molecular flexibility index (Phi) is 3.97. The van der Waals surface area contributed by atoms with Crippen LogP contribution in [-0.2, 0) is 6.54 Å². The molecule has 4 nitrogen and oxygen atoms in total. The van der Waals surface area contributed by atoms with Crippen molar-refractivity contribution in [3.63, 3.8) is 0 Å². The second-order valence-electron chi connectivity index (χ2n) is 5.77. The van der Waals surface area contributed by atoms with Crippen molar-refractivity contribution in [3.8, 4) is 11.1 Å². The average Bonchev–Trinajstić information content (AvgIpc) is 3.20. The van der Waals surface area contributed by atoms with Gasteiger partial charge in [-0.15, -0.1) is 11.3 Å². The number of hydrogen-bond donors (Lipinski definition) is 1. The second kappa shape index (κ2) is 6.29. The molecule has 3 aromatic heterocycles. The summed E-state index contributed by atoms with van der Waals surface area (Å²) in [4.78, 5) is 11.2. The third-order valence-corrected chi connectivity index (χ3v) is 4.98. The Morgan fingerprint density at radius 1 is 1.12 bits per heavy atom. The molecule has 1 N–H and O–H groups in total. The van der Waals surface area contributed by atoms with E-state index in [1.54, 1.807) is 29.7 Å². The fraction of sp³-hybridized carbons (Fsp3) is 0.158. The first-order valence-electron chi connectivity index (χ1n) is 7.92. The number of fused-ring (bicyclic) bond motifs is 1. The van der Waals surface area contributed by atoms with Gasteiger partial charge < -0.3 is 9.73 Å². The molecule has 0 amide bonds. The summed E-state index contributed by atoms with van der Waals surface area (Å²) in [5.74, 6) is 2.06.